The number of aliphatic hydroxyl groups excluding tert-OH is 1. The first kappa shape index (κ1) is 9.56. The molecule has 1 aromatic carbocycles. The molecule has 0 amide bonds. The first-order valence-electron chi connectivity index (χ1n) is 3.91. The largest absolute Gasteiger partial charge is 0.497 e. The fourth-order valence-electron chi connectivity index (χ4n) is 1.14. The quantitative estimate of drug-likeness (QED) is 0.742. The normalized spacial score (nSPS) is 9.38. The van der Waals surface area contributed by atoms with Crippen molar-refractivity contribution in [2.24, 2.45) is 0 Å². The minimum absolute atomic E-state index is 0.0717. The Bertz CT molecular complexity index is 353. The van der Waals surface area contributed by atoms with Gasteiger partial charge in [0, 0.05) is 0 Å². The van der Waals surface area contributed by atoms with Crippen molar-refractivity contribution in [1.82, 2.24) is 0 Å². The zero-order valence-corrected chi connectivity index (χ0v) is 7.66. The Hall–Kier alpha value is -1.53. The number of nitriles is 1. The molecule has 68 valence electrons. The molecule has 1 aromatic rings. The van der Waals surface area contributed by atoms with Crippen LogP contribution in [0.2, 0.25) is 0 Å². The first-order valence-corrected chi connectivity index (χ1v) is 3.91. The van der Waals surface area contributed by atoms with Gasteiger partial charge in [-0.1, -0.05) is 0 Å². The molecule has 0 heterocycles. The second-order valence-corrected chi connectivity index (χ2v) is 2.73. The average Bonchev–Trinajstić information content (AvgIpc) is 2.18. The Labute approximate surface area is 77.2 Å². The van der Waals surface area contributed by atoms with E-state index in [9.17, 15) is 0 Å². The fourth-order valence-corrected chi connectivity index (χ4v) is 1.14. The molecule has 0 bridgehead atoms. The maximum atomic E-state index is 8.99. The van der Waals surface area contributed by atoms with Gasteiger partial charge >= 0.3 is 0 Å². The van der Waals surface area contributed by atoms with Crippen LogP contribution in [0.5, 0.6) is 5.75 Å². The van der Waals surface area contributed by atoms with Crippen LogP contribution < -0.4 is 4.74 Å². The van der Waals surface area contributed by atoms with Gasteiger partial charge in [0.1, 0.15) is 5.75 Å². The molecule has 0 saturated heterocycles. The first-order chi connectivity index (χ1) is 6.22. The Kier molecular flexibility index (Phi) is 2.88. The summed E-state index contributed by atoms with van der Waals surface area (Å²) in [6.07, 6.45) is 0. The fraction of sp³-hybridized carbons (Fsp3) is 0.300. The molecule has 1 rings (SSSR count). The minimum atomic E-state index is -0.0717. The van der Waals surface area contributed by atoms with Crippen LogP contribution in [0.1, 0.15) is 16.7 Å². The van der Waals surface area contributed by atoms with E-state index < -0.39 is 0 Å². The predicted octanol–water partition coefficient (Wildman–Crippen LogP) is 1.37. The van der Waals surface area contributed by atoms with Crippen molar-refractivity contribution in [3.63, 3.8) is 0 Å². The van der Waals surface area contributed by atoms with E-state index in [1.165, 1.54) is 7.11 Å². The van der Waals surface area contributed by atoms with Gasteiger partial charge in [0.05, 0.1) is 25.3 Å². The summed E-state index contributed by atoms with van der Waals surface area (Å²) >= 11 is 0. The van der Waals surface area contributed by atoms with E-state index in [4.69, 9.17) is 15.1 Å². The summed E-state index contributed by atoms with van der Waals surface area (Å²) < 4.78 is 4.99. The maximum absolute atomic E-state index is 8.99. The Balaban J connectivity index is 3.31. The second kappa shape index (κ2) is 3.92. The number of benzene rings is 1. The molecule has 3 nitrogen and oxygen atoms in total. The Morgan fingerprint density at radius 3 is 2.69 bits per heavy atom. The number of ether oxygens (including phenoxy) is 1. The molecule has 13 heavy (non-hydrogen) atoms. The summed E-state index contributed by atoms with van der Waals surface area (Å²) in [5.41, 5.74) is 2.09. The van der Waals surface area contributed by atoms with E-state index in [2.05, 4.69) is 6.07 Å². The van der Waals surface area contributed by atoms with Crippen molar-refractivity contribution in [3.8, 4) is 11.8 Å². The lowest BCUT2D eigenvalue weighted by molar-refractivity contribution is 0.280. The molecule has 0 aliphatic rings. The summed E-state index contributed by atoms with van der Waals surface area (Å²) in [5, 5.41) is 17.8. The summed E-state index contributed by atoms with van der Waals surface area (Å²) in [7, 11) is 1.53. The lowest BCUT2D eigenvalue weighted by Gasteiger charge is -2.07. The van der Waals surface area contributed by atoms with Gasteiger partial charge in [-0.15, -0.1) is 0 Å². The zero-order valence-electron chi connectivity index (χ0n) is 7.66. The third kappa shape index (κ3) is 1.79. The van der Waals surface area contributed by atoms with Crippen molar-refractivity contribution in [2.75, 3.05) is 7.11 Å². The number of hydrogen-bond donors (Lipinski definition) is 1. The van der Waals surface area contributed by atoms with Gasteiger partial charge in [0.2, 0.25) is 0 Å². The van der Waals surface area contributed by atoms with Crippen molar-refractivity contribution in [2.45, 2.75) is 13.5 Å². The van der Waals surface area contributed by atoms with Gasteiger partial charge in [0.15, 0.2) is 0 Å². The van der Waals surface area contributed by atoms with Crippen molar-refractivity contribution >= 4 is 0 Å². The van der Waals surface area contributed by atoms with Crippen LogP contribution in [0.4, 0.5) is 0 Å². The molecule has 1 N–H and O–H groups in total. The van der Waals surface area contributed by atoms with E-state index in [1.54, 1.807) is 12.1 Å². The number of aliphatic hydroxyl groups is 1. The van der Waals surface area contributed by atoms with Crippen molar-refractivity contribution in [3.05, 3.63) is 28.8 Å². The highest BCUT2D eigenvalue weighted by molar-refractivity contribution is 5.47. The average molecular weight is 177 g/mol. The second-order valence-electron chi connectivity index (χ2n) is 2.73. The molecule has 0 spiro atoms. The van der Waals surface area contributed by atoms with Crippen LogP contribution in [0.25, 0.3) is 0 Å². The molecule has 0 aliphatic carbocycles. The van der Waals surface area contributed by atoms with Crippen molar-refractivity contribution < 1.29 is 9.84 Å². The van der Waals surface area contributed by atoms with Crippen LogP contribution in [0.3, 0.4) is 0 Å². The Morgan fingerprint density at radius 2 is 2.23 bits per heavy atom. The standard InChI is InChI=1S/C10H11NO2/c1-7-8(5-11)3-10(13-2)4-9(7)6-12/h3-4,12H,6H2,1-2H3. The Morgan fingerprint density at radius 1 is 1.54 bits per heavy atom. The van der Waals surface area contributed by atoms with Gasteiger partial charge in [0.25, 0.3) is 0 Å². The monoisotopic (exact) mass is 177 g/mol. The van der Waals surface area contributed by atoms with Crippen LogP contribution >= 0.6 is 0 Å². The van der Waals surface area contributed by atoms with Gasteiger partial charge < -0.3 is 9.84 Å². The van der Waals surface area contributed by atoms with E-state index in [0.717, 1.165) is 11.1 Å². The number of hydrogen-bond acceptors (Lipinski definition) is 3. The molecule has 0 unspecified atom stereocenters. The molecule has 0 aromatic heterocycles. The highest BCUT2D eigenvalue weighted by Gasteiger charge is 2.05. The third-order valence-corrected chi connectivity index (χ3v) is 2.02. The maximum Gasteiger partial charge on any atom is 0.120 e. The lowest BCUT2D eigenvalue weighted by Crippen LogP contribution is -1.95. The molecular formula is C10H11NO2. The van der Waals surface area contributed by atoms with E-state index in [0.29, 0.717) is 11.3 Å². The molecule has 0 radical (unpaired) electrons. The lowest BCUT2D eigenvalue weighted by atomic mass is 10.0. The molecule has 0 fully saturated rings. The van der Waals surface area contributed by atoms with Gasteiger partial charge in [-0.3, -0.25) is 0 Å². The van der Waals surface area contributed by atoms with E-state index >= 15 is 0 Å². The summed E-state index contributed by atoms with van der Waals surface area (Å²) in [4.78, 5) is 0. The molecule has 0 aliphatic heterocycles. The molecule has 3 heteroatoms. The molecule has 0 atom stereocenters. The van der Waals surface area contributed by atoms with E-state index in [1.807, 2.05) is 6.92 Å². The predicted molar refractivity (Wildman–Crippen MR) is 48.4 cm³/mol. The van der Waals surface area contributed by atoms with Gasteiger partial charge in [-0.25, -0.2) is 0 Å². The third-order valence-electron chi connectivity index (χ3n) is 2.02. The number of rotatable bonds is 2. The van der Waals surface area contributed by atoms with Crippen LogP contribution in [-0.4, -0.2) is 12.2 Å². The van der Waals surface area contributed by atoms with Crippen molar-refractivity contribution in [1.29, 1.82) is 5.26 Å². The highest BCUT2D eigenvalue weighted by Crippen LogP contribution is 2.21. The number of methoxy groups -OCH3 is 1. The smallest absolute Gasteiger partial charge is 0.120 e. The topological polar surface area (TPSA) is 53.2 Å². The SMILES string of the molecule is COc1cc(C#N)c(C)c(CO)c1. The number of nitrogens with zero attached hydrogens (tertiary/aromatic N) is 1. The zero-order chi connectivity index (χ0) is 9.84. The summed E-state index contributed by atoms with van der Waals surface area (Å²) in [6.45, 7) is 1.74. The van der Waals surface area contributed by atoms with Gasteiger partial charge in [-0.2, -0.15) is 5.26 Å². The summed E-state index contributed by atoms with van der Waals surface area (Å²) in [6, 6.07) is 5.45. The van der Waals surface area contributed by atoms with Crippen LogP contribution in [0.15, 0.2) is 12.1 Å². The highest BCUT2D eigenvalue weighted by atomic mass is 16.5. The summed E-state index contributed by atoms with van der Waals surface area (Å²) in [5.74, 6) is 0.603. The van der Waals surface area contributed by atoms with Gasteiger partial charge in [-0.05, 0) is 30.2 Å². The molecular weight excluding hydrogens is 166 g/mol. The van der Waals surface area contributed by atoms with E-state index in [-0.39, 0.29) is 6.61 Å². The molecule has 0 saturated carbocycles. The van der Waals surface area contributed by atoms with Crippen LogP contribution in [-0.2, 0) is 6.61 Å². The minimum Gasteiger partial charge on any atom is -0.497 e. The van der Waals surface area contributed by atoms with Crippen LogP contribution in [0, 0.1) is 18.3 Å².